The third-order valence-electron chi connectivity index (χ3n) is 6.71. The van der Waals surface area contributed by atoms with Crippen molar-refractivity contribution in [2.45, 2.75) is 35.2 Å². The molecule has 0 spiro atoms. The zero-order chi connectivity index (χ0) is 26.6. The maximum Gasteiger partial charge on any atom is 0.209 e. The molecule has 3 atom stereocenters. The molecule has 3 heterocycles. The average Bonchev–Trinajstić information content (AvgIpc) is 3.40. The van der Waals surface area contributed by atoms with Crippen molar-refractivity contribution in [3.63, 3.8) is 0 Å². The van der Waals surface area contributed by atoms with Gasteiger partial charge >= 0.3 is 0 Å². The highest BCUT2D eigenvalue weighted by atomic mass is 32.2. The topological polar surface area (TPSA) is 120 Å². The van der Waals surface area contributed by atoms with E-state index in [1.54, 1.807) is 22.7 Å². The van der Waals surface area contributed by atoms with E-state index in [-0.39, 0.29) is 5.92 Å². The maximum absolute atomic E-state index is 10.5. The van der Waals surface area contributed by atoms with Crippen LogP contribution < -0.4 is 11.2 Å². The number of nitrogens with one attached hydrogen (secondary N) is 1. The third-order valence-corrected chi connectivity index (χ3v) is 7.72. The number of aliphatic hydroxyl groups excluding tert-OH is 1. The van der Waals surface area contributed by atoms with Crippen LogP contribution in [-0.2, 0) is 15.3 Å². The molecule has 198 valence electrons. The lowest BCUT2D eigenvalue weighted by Gasteiger charge is -2.39. The Morgan fingerprint density at radius 3 is 2.21 bits per heavy atom. The predicted molar refractivity (Wildman–Crippen MR) is 150 cm³/mol. The molecular formula is C29H28N6O3S. The molecule has 9 nitrogen and oxygen atoms in total. The van der Waals surface area contributed by atoms with Crippen LogP contribution in [0.1, 0.15) is 29.1 Å². The Kier molecular flexibility index (Phi) is 7.53. The quantitative estimate of drug-likeness (QED) is 0.174. The number of thioether (sulfide) groups is 1. The van der Waals surface area contributed by atoms with E-state index >= 15 is 0 Å². The first-order chi connectivity index (χ1) is 19.2. The van der Waals surface area contributed by atoms with Crippen molar-refractivity contribution in [3.8, 4) is 0 Å². The Bertz CT molecular complexity index is 1480. The van der Waals surface area contributed by atoms with Gasteiger partial charge in [-0.2, -0.15) is 0 Å². The summed E-state index contributed by atoms with van der Waals surface area (Å²) in [7, 11) is 0. The van der Waals surface area contributed by atoms with Gasteiger partial charge in [-0.1, -0.05) is 78.9 Å². The van der Waals surface area contributed by atoms with E-state index in [2.05, 4.69) is 75.8 Å². The summed E-state index contributed by atoms with van der Waals surface area (Å²) in [5, 5.41) is 14.0. The minimum absolute atomic E-state index is 0.0980. The first-order valence-electron chi connectivity index (χ1n) is 12.7. The second-order valence-corrected chi connectivity index (χ2v) is 10.2. The van der Waals surface area contributed by atoms with Crippen molar-refractivity contribution in [1.29, 1.82) is 0 Å². The van der Waals surface area contributed by atoms with E-state index in [0.29, 0.717) is 35.1 Å². The van der Waals surface area contributed by atoms with Crippen molar-refractivity contribution in [2.75, 3.05) is 11.9 Å². The van der Waals surface area contributed by atoms with E-state index in [1.165, 1.54) is 11.1 Å². The minimum atomic E-state index is -0.943. The number of benzene rings is 3. The smallest absolute Gasteiger partial charge is 0.209 e. The lowest BCUT2D eigenvalue weighted by molar-refractivity contribution is -0.349. The molecule has 0 bridgehead atoms. The summed E-state index contributed by atoms with van der Waals surface area (Å²) in [5.41, 5.74) is 3.55. The number of hydrogen-bond donors (Lipinski definition) is 3. The van der Waals surface area contributed by atoms with Crippen molar-refractivity contribution < 1.29 is 14.7 Å². The van der Waals surface area contributed by atoms with Crippen LogP contribution in [0.2, 0.25) is 0 Å². The van der Waals surface area contributed by atoms with Crippen LogP contribution in [0.5, 0.6) is 0 Å². The van der Waals surface area contributed by atoms with Crippen LogP contribution >= 0.6 is 11.8 Å². The lowest BCUT2D eigenvalue weighted by atomic mass is 9.91. The molecule has 1 fully saturated rings. The summed E-state index contributed by atoms with van der Waals surface area (Å²) in [6.45, 7) is 0.601. The molecule has 3 aromatic carbocycles. The Labute approximate surface area is 230 Å². The summed E-state index contributed by atoms with van der Waals surface area (Å²) in [5.74, 6) is 7.13. The van der Waals surface area contributed by atoms with Crippen LogP contribution in [0.15, 0.2) is 102 Å². The first-order valence-corrected chi connectivity index (χ1v) is 13.6. The maximum atomic E-state index is 10.5. The van der Waals surface area contributed by atoms with Gasteiger partial charge in [0.1, 0.15) is 5.82 Å². The molecule has 39 heavy (non-hydrogen) atoms. The number of rotatable bonds is 10. The Hall–Kier alpha value is -3.80. The number of aromatic nitrogens is 4. The van der Waals surface area contributed by atoms with Gasteiger partial charge in [-0.15, -0.1) is 11.8 Å². The second kappa shape index (κ2) is 11.5. The highest BCUT2D eigenvalue weighted by molar-refractivity contribution is 7.98. The average molecular weight is 541 g/mol. The molecule has 0 saturated carbocycles. The minimum Gasteiger partial charge on any atom is -0.383 e. The molecule has 0 amide bonds. The molecule has 0 aliphatic carbocycles. The molecule has 4 N–H and O–H groups in total. The molecule has 2 unspecified atom stereocenters. The van der Waals surface area contributed by atoms with Crippen molar-refractivity contribution in [1.82, 2.24) is 19.5 Å². The van der Waals surface area contributed by atoms with E-state index in [0.717, 1.165) is 4.90 Å². The van der Waals surface area contributed by atoms with Crippen LogP contribution in [-0.4, -0.2) is 43.6 Å². The van der Waals surface area contributed by atoms with E-state index < -0.39 is 18.6 Å². The number of nitrogens with zero attached hydrogens (tertiary/aromatic N) is 4. The molecule has 1 saturated heterocycles. The van der Waals surface area contributed by atoms with Crippen molar-refractivity contribution in [3.05, 3.63) is 114 Å². The fourth-order valence-electron chi connectivity index (χ4n) is 4.68. The van der Waals surface area contributed by atoms with Crippen LogP contribution in [0, 0.1) is 0 Å². The van der Waals surface area contributed by atoms with Crippen molar-refractivity contribution in [2.24, 2.45) is 5.90 Å². The Morgan fingerprint density at radius 1 is 0.949 bits per heavy atom. The number of fused-ring (bicyclic) bond motifs is 1. The largest absolute Gasteiger partial charge is 0.383 e. The fourth-order valence-corrected chi connectivity index (χ4v) is 5.46. The molecule has 10 heteroatoms. The standard InChI is InChI=1S/C29H28N6O3S/c30-38-29-25(36)28(37-29)35-18-32-24-26(33-23(34-27(24)35)17-39-21-14-8-3-9-15-21)31-16-22(19-10-4-1-5-11-19)20-12-6-2-7-13-20/h1-15,18,22,25,28-29,36H,16-17,30H2,(H,31,33,34)/t25-,28?,29?/m0/s1. The van der Waals surface area contributed by atoms with Gasteiger partial charge in [-0.3, -0.25) is 9.40 Å². The van der Waals surface area contributed by atoms with Gasteiger partial charge in [0.05, 0.1) is 12.1 Å². The number of aliphatic hydroxyl groups is 1. The molecular weight excluding hydrogens is 512 g/mol. The van der Waals surface area contributed by atoms with Gasteiger partial charge in [-0.25, -0.2) is 20.8 Å². The third kappa shape index (κ3) is 5.38. The van der Waals surface area contributed by atoms with E-state index in [9.17, 15) is 5.11 Å². The first kappa shape index (κ1) is 25.5. The molecule has 6 rings (SSSR count). The predicted octanol–water partition coefficient (Wildman–Crippen LogP) is 4.47. The molecule has 2 aromatic heterocycles. The van der Waals surface area contributed by atoms with Crippen LogP contribution in [0.3, 0.4) is 0 Å². The summed E-state index contributed by atoms with van der Waals surface area (Å²) in [4.78, 5) is 20.1. The number of hydrogen-bond acceptors (Lipinski definition) is 9. The van der Waals surface area contributed by atoms with Gasteiger partial charge in [0.15, 0.2) is 29.3 Å². The van der Waals surface area contributed by atoms with Gasteiger partial charge < -0.3 is 15.2 Å². The highest BCUT2D eigenvalue weighted by Gasteiger charge is 2.44. The summed E-state index contributed by atoms with van der Waals surface area (Å²) >= 11 is 1.65. The molecule has 5 aromatic rings. The number of anilines is 1. The van der Waals surface area contributed by atoms with E-state index in [1.807, 2.05) is 30.3 Å². The normalized spacial score (nSPS) is 18.8. The van der Waals surface area contributed by atoms with Gasteiger partial charge in [0.2, 0.25) is 6.29 Å². The second-order valence-electron chi connectivity index (χ2n) is 9.19. The highest BCUT2D eigenvalue weighted by Crippen LogP contribution is 2.35. The zero-order valence-electron chi connectivity index (χ0n) is 21.0. The zero-order valence-corrected chi connectivity index (χ0v) is 21.8. The number of nitrogens with two attached hydrogens (primary N) is 1. The van der Waals surface area contributed by atoms with Crippen molar-refractivity contribution >= 4 is 28.7 Å². The van der Waals surface area contributed by atoms with Crippen LogP contribution in [0.25, 0.3) is 11.2 Å². The van der Waals surface area contributed by atoms with Crippen LogP contribution in [0.4, 0.5) is 5.82 Å². The van der Waals surface area contributed by atoms with Gasteiger partial charge in [-0.05, 0) is 23.3 Å². The summed E-state index contributed by atoms with van der Waals surface area (Å²) in [6, 6.07) is 30.9. The lowest BCUT2D eigenvalue weighted by Crippen LogP contribution is -2.52. The molecule has 1 aliphatic rings. The summed E-state index contributed by atoms with van der Waals surface area (Å²) < 4.78 is 7.32. The molecule has 0 radical (unpaired) electrons. The molecule has 1 aliphatic heterocycles. The number of ether oxygens (including phenoxy) is 1. The Morgan fingerprint density at radius 2 is 1.59 bits per heavy atom. The fraction of sp³-hybridized carbons (Fsp3) is 0.207. The van der Waals surface area contributed by atoms with Gasteiger partial charge in [0.25, 0.3) is 0 Å². The monoisotopic (exact) mass is 540 g/mol. The van der Waals surface area contributed by atoms with Gasteiger partial charge in [0, 0.05) is 17.4 Å². The Balaban J connectivity index is 1.33. The summed E-state index contributed by atoms with van der Waals surface area (Å²) in [6.07, 6.45) is -0.938. The number of imidazole rings is 1. The van der Waals surface area contributed by atoms with E-state index in [4.69, 9.17) is 20.6 Å². The SMILES string of the molecule is NOC1OC(n2cnc3c(NCC(c4ccccc4)c4ccccc4)nc(CSc4ccccc4)nc32)[C@@H]1O.